The van der Waals surface area contributed by atoms with Crippen molar-refractivity contribution < 1.29 is 18.9 Å². The lowest BCUT2D eigenvalue weighted by Gasteiger charge is -2.34. The lowest BCUT2D eigenvalue weighted by atomic mass is 10.1. The summed E-state index contributed by atoms with van der Waals surface area (Å²) in [6.45, 7) is 7.57. The number of piperazine rings is 1. The Kier molecular flexibility index (Phi) is 8.63. The van der Waals surface area contributed by atoms with Gasteiger partial charge in [-0.3, -0.25) is 9.80 Å². The molecule has 1 heterocycles. The van der Waals surface area contributed by atoms with Gasteiger partial charge >= 0.3 is 0 Å². The van der Waals surface area contributed by atoms with Crippen LogP contribution in [0.25, 0.3) is 10.8 Å². The Labute approximate surface area is 203 Å². The first-order valence-corrected chi connectivity index (χ1v) is 12.0. The van der Waals surface area contributed by atoms with Gasteiger partial charge in [0.2, 0.25) is 5.75 Å². The van der Waals surface area contributed by atoms with E-state index in [-0.39, 0.29) is 0 Å². The van der Waals surface area contributed by atoms with Crippen LogP contribution in [0.3, 0.4) is 0 Å². The normalized spacial score (nSPS) is 14.9. The SMILES string of the molecule is COc1cc(CN2CCN(CCOCCc3ccc4ccccc4c3)CC2)cc(OC)c1OC. The lowest BCUT2D eigenvalue weighted by molar-refractivity contribution is 0.0747. The maximum atomic E-state index is 5.95. The van der Waals surface area contributed by atoms with Crippen LogP contribution in [-0.2, 0) is 17.7 Å². The Morgan fingerprint density at radius 1 is 0.676 bits per heavy atom. The smallest absolute Gasteiger partial charge is 0.203 e. The van der Waals surface area contributed by atoms with Gasteiger partial charge in [0, 0.05) is 39.3 Å². The minimum absolute atomic E-state index is 0.638. The first-order chi connectivity index (χ1) is 16.7. The van der Waals surface area contributed by atoms with Gasteiger partial charge in [-0.2, -0.15) is 0 Å². The molecule has 1 aliphatic rings. The van der Waals surface area contributed by atoms with Gasteiger partial charge in [-0.15, -0.1) is 0 Å². The second kappa shape index (κ2) is 12.1. The van der Waals surface area contributed by atoms with Gasteiger partial charge in [0.25, 0.3) is 0 Å². The van der Waals surface area contributed by atoms with Gasteiger partial charge < -0.3 is 18.9 Å². The van der Waals surface area contributed by atoms with Crippen LogP contribution in [0.4, 0.5) is 0 Å². The summed E-state index contributed by atoms with van der Waals surface area (Å²) < 4.78 is 22.4. The highest BCUT2D eigenvalue weighted by atomic mass is 16.5. The van der Waals surface area contributed by atoms with E-state index in [1.54, 1.807) is 21.3 Å². The second-order valence-electron chi connectivity index (χ2n) is 8.70. The average Bonchev–Trinajstić information content (AvgIpc) is 2.88. The van der Waals surface area contributed by atoms with Crippen LogP contribution in [0, 0.1) is 0 Å². The van der Waals surface area contributed by atoms with E-state index in [4.69, 9.17) is 18.9 Å². The van der Waals surface area contributed by atoms with Crippen LogP contribution < -0.4 is 14.2 Å². The van der Waals surface area contributed by atoms with E-state index in [9.17, 15) is 0 Å². The van der Waals surface area contributed by atoms with Gasteiger partial charge in [-0.25, -0.2) is 0 Å². The van der Waals surface area contributed by atoms with E-state index in [0.717, 1.165) is 58.9 Å². The molecule has 0 aromatic heterocycles. The molecule has 0 N–H and O–H groups in total. The number of hydrogen-bond acceptors (Lipinski definition) is 6. The van der Waals surface area contributed by atoms with Crippen LogP contribution in [0.15, 0.2) is 54.6 Å². The van der Waals surface area contributed by atoms with Crippen LogP contribution in [0.5, 0.6) is 17.2 Å². The fourth-order valence-corrected chi connectivity index (χ4v) is 4.54. The van der Waals surface area contributed by atoms with Gasteiger partial charge in [0.05, 0.1) is 34.5 Å². The maximum absolute atomic E-state index is 5.95. The Balaban J connectivity index is 1.16. The molecule has 0 radical (unpaired) electrons. The minimum atomic E-state index is 0.638. The standard InChI is InChI=1S/C28H36N2O4/c1-31-26-19-23(20-27(32-2)28(26)33-3)21-30-13-11-29(12-14-30)15-17-34-16-10-22-8-9-24-6-4-5-7-25(24)18-22/h4-9,18-20H,10-17,21H2,1-3H3. The fraction of sp³-hybridized carbons (Fsp3) is 0.429. The summed E-state index contributed by atoms with van der Waals surface area (Å²) in [6, 6.07) is 19.2. The molecule has 0 unspecified atom stereocenters. The molecule has 0 bridgehead atoms. The zero-order chi connectivity index (χ0) is 23.8. The maximum Gasteiger partial charge on any atom is 0.203 e. The molecule has 1 aliphatic heterocycles. The van der Waals surface area contributed by atoms with Crippen LogP contribution in [0.1, 0.15) is 11.1 Å². The molecule has 0 amide bonds. The van der Waals surface area contributed by atoms with Gasteiger partial charge in [-0.1, -0.05) is 42.5 Å². The number of nitrogens with zero attached hydrogens (tertiary/aromatic N) is 2. The zero-order valence-electron chi connectivity index (χ0n) is 20.6. The second-order valence-corrected chi connectivity index (χ2v) is 8.70. The first kappa shape index (κ1) is 24.3. The average molecular weight is 465 g/mol. The third-order valence-corrected chi connectivity index (χ3v) is 6.50. The first-order valence-electron chi connectivity index (χ1n) is 12.0. The Bertz CT molecular complexity index is 1040. The molecule has 1 fully saturated rings. The summed E-state index contributed by atoms with van der Waals surface area (Å²) >= 11 is 0. The fourth-order valence-electron chi connectivity index (χ4n) is 4.54. The largest absolute Gasteiger partial charge is 0.493 e. The van der Waals surface area contributed by atoms with Crippen molar-refractivity contribution in [3.8, 4) is 17.2 Å². The summed E-state index contributed by atoms with van der Waals surface area (Å²) in [4.78, 5) is 4.96. The Morgan fingerprint density at radius 3 is 2.03 bits per heavy atom. The summed E-state index contributed by atoms with van der Waals surface area (Å²) in [6.07, 6.45) is 0.952. The van der Waals surface area contributed by atoms with Crippen molar-refractivity contribution in [1.29, 1.82) is 0 Å². The lowest BCUT2D eigenvalue weighted by Crippen LogP contribution is -2.46. The number of hydrogen-bond donors (Lipinski definition) is 0. The summed E-state index contributed by atoms with van der Waals surface area (Å²) in [5, 5.41) is 2.58. The van der Waals surface area contributed by atoms with Crippen molar-refractivity contribution in [2.45, 2.75) is 13.0 Å². The highest BCUT2D eigenvalue weighted by molar-refractivity contribution is 5.82. The summed E-state index contributed by atoms with van der Waals surface area (Å²) in [5.41, 5.74) is 2.50. The number of rotatable bonds is 11. The molecular weight excluding hydrogens is 428 g/mol. The van der Waals surface area contributed by atoms with Crippen molar-refractivity contribution in [1.82, 2.24) is 9.80 Å². The Hall–Kier alpha value is -2.80. The number of methoxy groups -OCH3 is 3. The van der Waals surface area contributed by atoms with Crippen molar-refractivity contribution in [2.75, 3.05) is 67.3 Å². The molecule has 34 heavy (non-hydrogen) atoms. The molecule has 0 spiro atoms. The minimum Gasteiger partial charge on any atom is -0.493 e. The molecule has 0 saturated carbocycles. The van der Waals surface area contributed by atoms with Crippen molar-refractivity contribution >= 4 is 10.8 Å². The molecule has 1 saturated heterocycles. The van der Waals surface area contributed by atoms with Gasteiger partial charge in [0.15, 0.2) is 11.5 Å². The summed E-state index contributed by atoms with van der Waals surface area (Å²) in [5.74, 6) is 2.05. The molecule has 6 heteroatoms. The topological polar surface area (TPSA) is 43.4 Å². The third kappa shape index (κ3) is 6.20. The highest BCUT2D eigenvalue weighted by Gasteiger charge is 2.19. The van der Waals surface area contributed by atoms with Crippen LogP contribution in [0.2, 0.25) is 0 Å². The van der Waals surface area contributed by atoms with E-state index in [1.165, 1.54) is 21.9 Å². The van der Waals surface area contributed by atoms with E-state index in [2.05, 4.69) is 52.3 Å². The molecule has 6 nitrogen and oxygen atoms in total. The van der Waals surface area contributed by atoms with Crippen LogP contribution in [-0.4, -0.2) is 77.1 Å². The van der Waals surface area contributed by atoms with Gasteiger partial charge in [0.1, 0.15) is 0 Å². The van der Waals surface area contributed by atoms with Gasteiger partial charge in [-0.05, 0) is 40.5 Å². The Morgan fingerprint density at radius 2 is 1.35 bits per heavy atom. The van der Waals surface area contributed by atoms with Crippen LogP contribution >= 0.6 is 0 Å². The van der Waals surface area contributed by atoms with Crippen molar-refractivity contribution in [3.05, 3.63) is 65.7 Å². The molecule has 182 valence electrons. The molecule has 3 aromatic rings. The number of fused-ring (bicyclic) bond motifs is 1. The predicted molar refractivity (Wildman–Crippen MR) is 136 cm³/mol. The van der Waals surface area contributed by atoms with Crippen molar-refractivity contribution in [3.63, 3.8) is 0 Å². The van der Waals surface area contributed by atoms with E-state index in [1.807, 2.05) is 12.1 Å². The van der Waals surface area contributed by atoms with E-state index < -0.39 is 0 Å². The number of benzene rings is 3. The van der Waals surface area contributed by atoms with E-state index >= 15 is 0 Å². The molecular formula is C28H36N2O4. The highest BCUT2D eigenvalue weighted by Crippen LogP contribution is 2.38. The molecule has 0 atom stereocenters. The monoisotopic (exact) mass is 464 g/mol. The zero-order valence-corrected chi connectivity index (χ0v) is 20.6. The van der Waals surface area contributed by atoms with Crippen molar-refractivity contribution in [2.24, 2.45) is 0 Å². The number of ether oxygens (including phenoxy) is 4. The molecule has 0 aliphatic carbocycles. The predicted octanol–water partition coefficient (Wildman–Crippen LogP) is 4.24. The molecule has 4 rings (SSSR count). The quantitative estimate of drug-likeness (QED) is 0.396. The molecule has 3 aromatic carbocycles. The van der Waals surface area contributed by atoms with E-state index in [0.29, 0.717) is 17.2 Å². The third-order valence-electron chi connectivity index (χ3n) is 6.50. The summed E-state index contributed by atoms with van der Waals surface area (Å²) in [7, 11) is 4.94.